The number of carbonyl (C=O) groups is 2. The minimum absolute atomic E-state index is 0.00404. The van der Waals surface area contributed by atoms with Crippen molar-refractivity contribution in [2.24, 2.45) is 0 Å². The molecule has 0 radical (unpaired) electrons. The molecule has 0 spiro atoms. The van der Waals surface area contributed by atoms with E-state index >= 15 is 0 Å². The minimum atomic E-state index is -0.291. The van der Waals surface area contributed by atoms with Gasteiger partial charge in [0.25, 0.3) is 11.8 Å². The van der Waals surface area contributed by atoms with Crippen LogP contribution in [0.5, 0.6) is 5.75 Å². The molecule has 2 aromatic carbocycles. The monoisotopic (exact) mass is 481 g/mol. The molecule has 1 saturated heterocycles. The van der Waals surface area contributed by atoms with E-state index in [1.165, 1.54) is 23.5 Å². The van der Waals surface area contributed by atoms with Crippen molar-refractivity contribution in [1.82, 2.24) is 14.7 Å². The van der Waals surface area contributed by atoms with Crippen LogP contribution in [0.1, 0.15) is 25.6 Å². The van der Waals surface area contributed by atoms with E-state index in [2.05, 4.69) is 4.90 Å². The third kappa shape index (κ3) is 6.01. The van der Waals surface area contributed by atoms with Gasteiger partial charge < -0.3 is 14.5 Å². The van der Waals surface area contributed by atoms with Crippen LogP contribution < -0.4 is 4.74 Å². The lowest BCUT2D eigenvalue weighted by Gasteiger charge is -2.36. The van der Waals surface area contributed by atoms with Gasteiger partial charge in [-0.3, -0.25) is 14.5 Å². The number of amides is 2. The summed E-state index contributed by atoms with van der Waals surface area (Å²) in [4.78, 5) is 32.6. The number of hydrogen-bond donors (Lipinski definition) is 0. The van der Waals surface area contributed by atoms with Crippen molar-refractivity contribution in [2.45, 2.75) is 6.54 Å². The molecule has 0 aliphatic carbocycles. The summed E-state index contributed by atoms with van der Waals surface area (Å²) in [7, 11) is 1.59. The summed E-state index contributed by atoms with van der Waals surface area (Å²) in [5.74, 6) is 0.359. The normalized spacial score (nSPS) is 14.1. The van der Waals surface area contributed by atoms with Crippen LogP contribution in [0.15, 0.2) is 66.0 Å². The first kappa shape index (κ1) is 23.9. The quantitative estimate of drug-likeness (QED) is 0.488. The zero-order valence-corrected chi connectivity index (χ0v) is 20.0. The maximum atomic E-state index is 13.3. The Morgan fingerprint density at radius 3 is 2.47 bits per heavy atom. The Kier molecular flexibility index (Phi) is 7.92. The third-order valence-electron chi connectivity index (χ3n) is 5.97. The molecule has 1 fully saturated rings. The smallest absolute Gasteiger partial charge is 0.264 e. The van der Waals surface area contributed by atoms with E-state index in [-0.39, 0.29) is 17.6 Å². The Balaban J connectivity index is 1.34. The lowest BCUT2D eigenvalue weighted by molar-refractivity contribution is 0.0599. The fourth-order valence-corrected chi connectivity index (χ4v) is 4.68. The predicted molar refractivity (Wildman–Crippen MR) is 131 cm³/mol. The maximum Gasteiger partial charge on any atom is 0.264 e. The van der Waals surface area contributed by atoms with Gasteiger partial charge in [0.1, 0.15) is 11.6 Å². The van der Waals surface area contributed by atoms with Crippen molar-refractivity contribution in [3.05, 3.63) is 87.9 Å². The summed E-state index contributed by atoms with van der Waals surface area (Å²) in [6.45, 7) is 4.43. The molecule has 2 heterocycles. The molecular formula is C26H28FN3O3S. The lowest BCUT2D eigenvalue weighted by Crippen LogP contribution is -2.50. The highest BCUT2D eigenvalue weighted by Gasteiger charge is 2.24. The second-order valence-corrected chi connectivity index (χ2v) is 9.14. The predicted octanol–water partition coefficient (Wildman–Crippen LogP) is 4.00. The summed E-state index contributed by atoms with van der Waals surface area (Å²) in [5.41, 5.74) is 1.51. The zero-order chi connectivity index (χ0) is 23.9. The molecule has 4 rings (SSSR count). The standard InChI is InChI=1S/C26H28FN3O3S/c1-33-23-5-2-4-21(18-23)25(31)29-14-11-28(12-15-29)13-16-30(26(32)24-6-3-17-34-24)19-20-7-9-22(27)10-8-20/h2-10,17-18H,11-16,19H2,1H3. The van der Waals surface area contributed by atoms with Crippen LogP contribution in [0.2, 0.25) is 0 Å². The Hall–Kier alpha value is -3.23. The molecule has 34 heavy (non-hydrogen) atoms. The van der Waals surface area contributed by atoms with Crippen molar-refractivity contribution >= 4 is 23.2 Å². The van der Waals surface area contributed by atoms with Crippen LogP contribution in [0.4, 0.5) is 4.39 Å². The van der Waals surface area contributed by atoms with Crippen LogP contribution in [0, 0.1) is 5.82 Å². The molecule has 0 unspecified atom stereocenters. The number of ether oxygens (including phenoxy) is 1. The number of nitrogens with zero attached hydrogens (tertiary/aromatic N) is 3. The van der Waals surface area contributed by atoms with Crippen LogP contribution in [-0.4, -0.2) is 72.9 Å². The van der Waals surface area contributed by atoms with E-state index in [4.69, 9.17) is 4.74 Å². The lowest BCUT2D eigenvalue weighted by atomic mass is 10.1. The van der Waals surface area contributed by atoms with E-state index in [0.717, 1.165) is 18.7 Å². The second kappa shape index (κ2) is 11.3. The molecule has 1 aromatic heterocycles. The maximum absolute atomic E-state index is 13.3. The Bertz CT molecular complexity index is 1100. The van der Waals surface area contributed by atoms with E-state index < -0.39 is 0 Å². The van der Waals surface area contributed by atoms with Crippen LogP contribution in [0.3, 0.4) is 0 Å². The highest BCUT2D eigenvalue weighted by atomic mass is 32.1. The fraction of sp³-hybridized carbons (Fsp3) is 0.308. The van der Waals surface area contributed by atoms with Crippen LogP contribution in [-0.2, 0) is 6.54 Å². The first-order chi connectivity index (χ1) is 16.5. The Morgan fingerprint density at radius 2 is 1.79 bits per heavy atom. The van der Waals surface area contributed by atoms with Crippen molar-refractivity contribution in [3.63, 3.8) is 0 Å². The van der Waals surface area contributed by atoms with Crippen molar-refractivity contribution in [2.75, 3.05) is 46.4 Å². The van der Waals surface area contributed by atoms with Crippen LogP contribution in [0.25, 0.3) is 0 Å². The Labute approximate surface area is 203 Å². The van der Waals surface area contributed by atoms with Gasteiger partial charge in [-0.1, -0.05) is 24.3 Å². The zero-order valence-electron chi connectivity index (χ0n) is 19.2. The number of hydrogen-bond acceptors (Lipinski definition) is 5. The average molecular weight is 482 g/mol. The summed E-state index contributed by atoms with van der Waals surface area (Å²) in [5, 5.41) is 1.89. The van der Waals surface area contributed by atoms with Crippen molar-refractivity contribution in [3.8, 4) is 5.75 Å². The fourth-order valence-electron chi connectivity index (χ4n) is 3.99. The van der Waals surface area contributed by atoms with Crippen molar-refractivity contribution < 1.29 is 18.7 Å². The molecule has 1 aliphatic heterocycles. The first-order valence-corrected chi connectivity index (χ1v) is 12.1. The highest BCUT2D eigenvalue weighted by molar-refractivity contribution is 7.12. The van der Waals surface area contributed by atoms with Gasteiger partial charge in [0, 0.05) is 51.4 Å². The van der Waals surface area contributed by atoms with Gasteiger partial charge in [-0.2, -0.15) is 0 Å². The number of thiophene rings is 1. The summed E-state index contributed by atoms with van der Waals surface area (Å²) < 4.78 is 18.5. The average Bonchev–Trinajstić information content (AvgIpc) is 3.42. The highest BCUT2D eigenvalue weighted by Crippen LogP contribution is 2.17. The molecule has 0 N–H and O–H groups in total. The molecule has 2 amide bonds. The third-order valence-corrected chi connectivity index (χ3v) is 6.83. The van der Waals surface area contributed by atoms with E-state index in [1.807, 2.05) is 39.4 Å². The van der Waals surface area contributed by atoms with Gasteiger partial charge in [0.15, 0.2) is 0 Å². The molecule has 8 heteroatoms. The number of piperazine rings is 1. The molecule has 1 aliphatic rings. The van der Waals surface area contributed by atoms with Gasteiger partial charge in [0.05, 0.1) is 12.0 Å². The van der Waals surface area contributed by atoms with E-state index in [9.17, 15) is 14.0 Å². The summed E-state index contributed by atoms with van der Waals surface area (Å²) in [6.07, 6.45) is 0. The summed E-state index contributed by atoms with van der Waals surface area (Å²) in [6, 6.07) is 17.2. The number of halogens is 1. The minimum Gasteiger partial charge on any atom is -0.497 e. The SMILES string of the molecule is COc1cccc(C(=O)N2CCN(CCN(Cc3ccc(F)cc3)C(=O)c3cccs3)CC2)c1. The molecule has 0 bridgehead atoms. The number of rotatable bonds is 8. The van der Waals surface area contributed by atoms with E-state index in [0.29, 0.717) is 48.9 Å². The number of carbonyl (C=O) groups excluding carboxylic acids is 2. The molecule has 0 atom stereocenters. The van der Waals surface area contributed by atoms with Gasteiger partial charge in [-0.25, -0.2) is 4.39 Å². The molecule has 6 nitrogen and oxygen atoms in total. The molecule has 3 aromatic rings. The molecular weight excluding hydrogens is 453 g/mol. The number of benzene rings is 2. The van der Waals surface area contributed by atoms with E-state index in [1.54, 1.807) is 31.4 Å². The topological polar surface area (TPSA) is 53.1 Å². The Morgan fingerprint density at radius 1 is 1.03 bits per heavy atom. The van der Waals surface area contributed by atoms with Crippen molar-refractivity contribution in [1.29, 1.82) is 0 Å². The second-order valence-electron chi connectivity index (χ2n) is 8.20. The summed E-state index contributed by atoms with van der Waals surface area (Å²) >= 11 is 1.42. The largest absolute Gasteiger partial charge is 0.497 e. The molecule has 0 saturated carbocycles. The van der Waals surface area contributed by atoms with Gasteiger partial charge >= 0.3 is 0 Å². The molecule has 178 valence electrons. The first-order valence-electron chi connectivity index (χ1n) is 11.3. The van der Waals surface area contributed by atoms with Gasteiger partial charge in [0.2, 0.25) is 0 Å². The number of methoxy groups -OCH3 is 1. The van der Waals surface area contributed by atoms with Gasteiger partial charge in [-0.05, 0) is 47.3 Å². The van der Waals surface area contributed by atoms with Gasteiger partial charge in [-0.15, -0.1) is 11.3 Å². The van der Waals surface area contributed by atoms with Crippen LogP contribution >= 0.6 is 11.3 Å².